The molecule has 19 atom stereocenters. The van der Waals surface area contributed by atoms with Crippen molar-refractivity contribution in [2.45, 2.75) is 181 Å². The fourth-order valence-corrected chi connectivity index (χ4v) is 16.4. The summed E-state index contributed by atoms with van der Waals surface area (Å²) in [7, 11) is 1.35. The van der Waals surface area contributed by atoms with Crippen molar-refractivity contribution in [3.63, 3.8) is 0 Å². The third-order valence-corrected chi connectivity index (χ3v) is 23.2. The number of benzene rings is 7. The highest BCUT2D eigenvalue weighted by atomic mass is 35.5. The number of hydrogen-bond donors (Lipinski definition) is 22. The second kappa shape index (κ2) is 38.3. The number of aliphatic hydroxyl groups is 9. The second-order valence-corrected chi connectivity index (χ2v) is 32.5. The molecule has 37 nitrogen and oxygen atoms in total. The fraction of sp³-hybridized carbons (Fsp3) is 0.398. The van der Waals surface area contributed by atoms with Crippen LogP contribution in [-0.4, -0.2) is 213 Å². The van der Waals surface area contributed by atoms with Gasteiger partial charge in [-0.1, -0.05) is 117 Å². The van der Waals surface area contributed by atoms with Crippen molar-refractivity contribution in [2.75, 3.05) is 20.3 Å². The highest BCUT2D eigenvalue weighted by Gasteiger charge is 2.50. The van der Waals surface area contributed by atoms with Crippen molar-refractivity contribution in [1.29, 1.82) is 0 Å². The SMILES string of the molecule is CNC1C(=O)NC2C(=O)NC(C(=O)NC3C(=O)NC4C(=O)NC(C(=O)NC(C(=O)O)c5cc(O)cc(O[C@H]6O[C@H](CO)[C@@H](O)[C@H](O)[C@@H]6O)c5-c5cc4ccc5O)C(O)c4cc(Cl)c(c(Cl)c4)Oc4cc3cc(c4O[C@@H]3O[C@H](CO)[C@@H](O)[C@H](O)[C@H]3NC(=O)CCCCCCCCC(C)C)Oc3ccc(cc3Cl)C2O)c2cc(cc(O)c2Cl)Oc2cc1ccc2O. The van der Waals surface area contributed by atoms with Crippen LogP contribution in [0.3, 0.4) is 0 Å². The standard InChI is InChI=1S/C83H88Cl4N8O29/c1-31(2)10-8-6-4-5-7-9-11-55(102)89-65-70(107)68(105)53(29-96)122-82(65)124-74-51-23-35-24-52(74)120-73-43(85)20-36(21-44(73)86)67(104)64-80(115)93-62(81(116)117)40-25-37(98)26-50(121-83-72(109)71(108)69(106)54(30-97)123-83)56(40)39-18-32(12-15-45(39)99)59(76(111)95-64)90-77(112)60(35)91-78(113)61-41-27-38(28-47(101)57(41)87)118-49-22-33(13-16-46(49)100)58(88-3)75(110)94-63(79(114)92-61)66(103)34-14-17-48(119-51)42(84)19-34/h12-28,31,53-54,58-72,82-83,88,96-101,103-109H,4-11,29-30H2,1-3H3,(H,89,102)(H,90,112)(H,91,113)(H,92,114)(H,93,115)(H,94,110)(H,95,111)(H,116,117)/t53-,54-,58?,59?,60?,61?,62?,63?,64?,65-,66?,67?,68-,69-,70-,71+,72+,82+,83+/m1/s1. The molecule has 0 aromatic heterocycles. The van der Waals surface area contributed by atoms with Gasteiger partial charge >= 0.3 is 5.97 Å². The van der Waals surface area contributed by atoms with Gasteiger partial charge in [0.1, 0.15) is 132 Å². The molecule has 0 spiro atoms. The minimum Gasteiger partial charge on any atom is -0.508 e. The van der Waals surface area contributed by atoms with E-state index in [0.717, 1.165) is 117 Å². The summed E-state index contributed by atoms with van der Waals surface area (Å²) in [6.07, 6.45) is -17.1. The largest absolute Gasteiger partial charge is 0.508 e. The number of fused-ring (bicyclic) bond motifs is 14. The number of ether oxygens (including phenoxy) is 7. The van der Waals surface area contributed by atoms with Crippen LogP contribution in [0.4, 0.5) is 0 Å². The highest BCUT2D eigenvalue weighted by molar-refractivity contribution is 6.37. The molecule has 7 aromatic carbocycles. The lowest BCUT2D eigenvalue weighted by atomic mass is 9.89. The Morgan fingerprint density at radius 1 is 0.492 bits per heavy atom. The number of halogens is 4. The lowest BCUT2D eigenvalue weighted by molar-refractivity contribution is -0.277. The van der Waals surface area contributed by atoms with E-state index in [1.54, 1.807) is 0 Å². The van der Waals surface area contributed by atoms with Crippen LogP contribution in [0.1, 0.15) is 147 Å². The summed E-state index contributed by atoms with van der Waals surface area (Å²) in [5.74, 6) is -18.8. The van der Waals surface area contributed by atoms with Gasteiger partial charge in [-0.05, 0) is 120 Å². The summed E-state index contributed by atoms with van der Waals surface area (Å²) < 4.78 is 44.3. The van der Waals surface area contributed by atoms with Crippen LogP contribution in [0, 0.1) is 5.92 Å². The number of amides is 7. The molecule has 0 saturated carbocycles. The first-order valence-corrected chi connectivity index (χ1v) is 40.8. The Morgan fingerprint density at radius 2 is 1.06 bits per heavy atom. The first kappa shape index (κ1) is 90.9. The minimum absolute atomic E-state index is 0.0861. The Bertz CT molecular complexity index is 5260. The molecule has 9 unspecified atom stereocenters. The van der Waals surface area contributed by atoms with Crippen LogP contribution in [-0.2, 0) is 47.8 Å². The molecule has 17 bridgehead atoms. The molecule has 0 radical (unpaired) electrons. The number of likely N-dealkylation sites (N-methyl/N-ethyl adjacent to an activating group) is 1. The molecular weight excluding hydrogens is 1710 g/mol. The maximum atomic E-state index is 16.7. The van der Waals surface area contributed by atoms with Gasteiger partial charge in [-0.3, -0.25) is 33.6 Å². The first-order valence-electron chi connectivity index (χ1n) is 39.2. The van der Waals surface area contributed by atoms with E-state index in [4.69, 9.17) is 79.6 Å². The normalized spacial score (nSPS) is 26.9. The number of aliphatic carboxylic acids is 1. The number of carbonyl (C=O) groups is 8. The van der Waals surface area contributed by atoms with E-state index in [1.807, 2.05) is 0 Å². The molecule has 8 heterocycles. The van der Waals surface area contributed by atoms with Crippen LogP contribution in [0.2, 0.25) is 20.1 Å². The number of phenolic OH excluding ortho intramolecular Hbond substituents is 4. The zero-order valence-electron chi connectivity index (χ0n) is 65.8. The number of carboxylic acids is 1. The number of nitrogens with one attached hydrogen (secondary N) is 8. The van der Waals surface area contributed by atoms with E-state index in [2.05, 4.69) is 56.4 Å². The summed E-state index contributed by atoms with van der Waals surface area (Å²) >= 11 is 28.6. The molecule has 8 aliphatic heterocycles. The Hall–Kier alpha value is -10.8. The number of unbranched alkanes of at least 4 members (excludes halogenated alkanes) is 5. The predicted molar refractivity (Wildman–Crippen MR) is 434 cm³/mol. The third kappa shape index (κ3) is 19.2. The number of aliphatic hydroxyl groups excluding tert-OH is 9. The smallest absolute Gasteiger partial charge is 0.330 e. The molecule has 7 amide bonds. The van der Waals surface area contributed by atoms with Crippen LogP contribution in [0.25, 0.3) is 11.1 Å². The van der Waals surface area contributed by atoms with Gasteiger partial charge in [0.05, 0.1) is 33.3 Å². The van der Waals surface area contributed by atoms with Gasteiger partial charge in [-0.2, -0.15) is 0 Å². The van der Waals surface area contributed by atoms with Gasteiger partial charge in [0, 0.05) is 40.8 Å². The molecule has 41 heteroatoms. The quantitative estimate of drug-likeness (QED) is 0.0508. The molecule has 15 rings (SSSR count). The van der Waals surface area contributed by atoms with Crippen molar-refractivity contribution in [3.05, 3.63) is 162 Å². The summed E-state index contributed by atoms with van der Waals surface area (Å²) in [5, 5.41) is 179. The Labute approximate surface area is 725 Å². The van der Waals surface area contributed by atoms with Crippen molar-refractivity contribution in [1.82, 2.24) is 42.5 Å². The predicted octanol–water partition coefficient (Wildman–Crippen LogP) is 4.89. The van der Waals surface area contributed by atoms with Gasteiger partial charge in [-0.15, -0.1) is 0 Å². The van der Waals surface area contributed by atoms with E-state index >= 15 is 24.0 Å². The molecule has 8 aliphatic rings. The van der Waals surface area contributed by atoms with E-state index in [-0.39, 0.29) is 23.3 Å². The van der Waals surface area contributed by atoms with Gasteiger partial charge in [-0.25, -0.2) is 4.79 Å². The van der Waals surface area contributed by atoms with Gasteiger partial charge in [0.15, 0.2) is 34.8 Å². The molecule has 2 saturated heterocycles. The topological polar surface area (TPSA) is 581 Å². The molecule has 22 N–H and O–H groups in total. The number of carboxylic acid groups (broad SMARTS) is 1. The number of rotatable bonds is 18. The third-order valence-electron chi connectivity index (χ3n) is 21.9. The summed E-state index contributed by atoms with van der Waals surface area (Å²) in [6, 6.07) is -0.549. The van der Waals surface area contributed by atoms with E-state index in [1.165, 1.54) is 25.2 Å². The van der Waals surface area contributed by atoms with Crippen molar-refractivity contribution < 1.29 is 143 Å². The average molecular weight is 1800 g/mol. The van der Waals surface area contributed by atoms with Gasteiger partial charge in [0.25, 0.3) is 0 Å². The number of carbonyl (C=O) groups excluding carboxylic acids is 7. The van der Waals surface area contributed by atoms with Gasteiger partial charge < -0.3 is 147 Å². The lowest BCUT2D eigenvalue weighted by Gasteiger charge is -2.42. The first-order chi connectivity index (χ1) is 59.0. The summed E-state index contributed by atoms with van der Waals surface area (Å²) in [6.45, 7) is 2.24. The van der Waals surface area contributed by atoms with E-state index < -0.39 is 299 Å². The van der Waals surface area contributed by atoms with Crippen molar-refractivity contribution in [2.24, 2.45) is 5.92 Å². The summed E-state index contributed by atoms with van der Waals surface area (Å²) in [4.78, 5) is 123. The maximum Gasteiger partial charge on any atom is 0.330 e. The molecule has 662 valence electrons. The number of aromatic hydroxyl groups is 4. The Morgan fingerprint density at radius 3 is 1.72 bits per heavy atom. The zero-order chi connectivity index (χ0) is 89.3. The van der Waals surface area contributed by atoms with Crippen LogP contribution in [0.15, 0.2) is 103 Å². The van der Waals surface area contributed by atoms with Crippen LogP contribution >= 0.6 is 46.4 Å². The van der Waals surface area contributed by atoms with E-state index in [0.29, 0.717) is 18.8 Å². The number of hydrogen-bond acceptors (Lipinski definition) is 29. The monoisotopic (exact) mass is 1800 g/mol. The van der Waals surface area contributed by atoms with Crippen molar-refractivity contribution >= 4 is 93.7 Å². The average Bonchev–Trinajstić information content (AvgIpc) is 0.758. The van der Waals surface area contributed by atoms with Crippen LogP contribution < -0.4 is 66.2 Å². The fourth-order valence-electron chi connectivity index (χ4n) is 15.3. The highest BCUT2D eigenvalue weighted by Crippen LogP contribution is 2.52. The second-order valence-electron chi connectivity index (χ2n) is 30.9. The Kier molecular flexibility index (Phi) is 28.1. The molecule has 124 heavy (non-hydrogen) atoms. The van der Waals surface area contributed by atoms with Crippen molar-refractivity contribution in [3.8, 4) is 80.1 Å². The zero-order valence-corrected chi connectivity index (χ0v) is 68.9. The molecule has 2 fully saturated rings. The minimum atomic E-state index is -2.55. The molecular formula is C83H88Cl4N8O29. The molecule has 7 aromatic rings. The Balaban J connectivity index is 1.06. The maximum absolute atomic E-state index is 16.7. The van der Waals surface area contributed by atoms with Crippen LogP contribution in [0.5, 0.6) is 69.0 Å². The lowest BCUT2D eigenvalue weighted by Crippen LogP contribution is -2.65. The van der Waals surface area contributed by atoms with E-state index in [9.17, 15) is 85.9 Å². The number of phenols is 4. The van der Waals surface area contributed by atoms with Gasteiger partial charge in [0.2, 0.25) is 59.7 Å². The summed E-state index contributed by atoms with van der Waals surface area (Å²) in [5.41, 5.74) is -4.31. The molecule has 0 aliphatic carbocycles.